The number of rotatable bonds is 5. The van der Waals surface area contributed by atoms with E-state index in [4.69, 9.17) is 11.6 Å². The number of benzene rings is 1. The van der Waals surface area contributed by atoms with Gasteiger partial charge in [0.05, 0.1) is 0 Å². The van der Waals surface area contributed by atoms with Gasteiger partial charge in [0.1, 0.15) is 11.6 Å². The van der Waals surface area contributed by atoms with E-state index in [1.165, 1.54) is 6.07 Å². The van der Waals surface area contributed by atoms with E-state index in [2.05, 4.69) is 15.3 Å². The third kappa shape index (κ3) is 3.09. The van der Waals surface area contributed by atoms with Crippen LogP contribution in [-0.2, 0) is 6.42 Å². The minimum Gasteiger partial charge on any atom is -0.349 e. The Morgan fingerprint density at radius 2 is 2.33 bits per heavy atom. The minimum absolute atomic E-state index is 0.139. The highest BCUT2D eigenvalue weighted by atomic mass is 35.5. The minimum atomic E-state index is -0.253. The molecule has 0 aliphatic rings. The summed E-state index contributed by atoms with van der Waals surface area (Å²) in [5, 5.41) is 3.78. The molecule has 0 radical (unpaired) electrons. The van der Waals surface area contributed by atoms with Crippen LogP contribution in [0, 0.1) is 5.82 Å². The highest BCUT2D eigenvalue weighted by molar-refractivity contribution is 6.30. The zero-order chi connectivity index (χ0) is 13.0. The molecule has 0 saturated heterocycles. The van der Waals surface area contributed by atoms with Crippen LogP contribution in [0.25, 0.3) is 0 Å². The van der Waals surface area contributed by atoms with Crippen LogP contribution in [0.15, 0.2) is 30.6 Å². The second kappa shape index (κ2) is 5.98. The molecule has 2 N–H and O–H groups in total. The number of nitrogens with zero attached hydrogens (tertiary/aromatic N) is 1. The summed E-state index contributed by atoms with van der Waals surface area (Å²) in [4.78, 5) is 7.19. The van der Waals surface area contributed by atoms with E-state index >= 15 is 0 Å². The first-order chi connectivity index (χ1) is 8.70. The SMILES string of the molecule is CCNC(Cc1ncc[nH]1)c1cc(Cl)ccc1F. The Labute approximate surface area is 110 Å². The molecule has 0 saturated carbocycles. The number of hydrogen-bond acceptors (Lipinski definition) is 2. The first-order valence-electron chi connectivity index (χ1n) is 5.87. The number of aromatic nitrogens is 2. The van der Waals surface area contributed by atoms with Crippen molar-refractivity contribution in [2.45, 2.75) is 19.4 Å². The first-order valence-corrected chi connectivity index (χ1v) is 6.25. The molecule has 1 aromatic heterocycles. The maximum atomic E-state index is 13.8. The molecular formula is C13H15ClFN3. The van der Waals surface area contributed by atoms with Crippen molar-refractivity contribution in [3.8, 4) is 0 Å². The molecule has 0 aliphatic heterocycles. The Kier molecular flexibility index (Phi) is 4.33. The van der Waals surface area contributed by atoms with Crippen LogP contribution in [0.4, 0.5) is 4.39 Å². The lowest BCUT2D eigenvalue weighted by Gasteiger charge is -2.18. The van der Waals surface area contributed by atoms with Crippen molar-refractivity contribution in [1.82, 2.24) is 15.3 Å². The van der Waals surface area contributed by atoms with E-state index in [0.29, 0.717) is 17.0 Å². The zero-order valence-electron chi connectivity index (χ0n) is 10.1. The zero-order valence-corrected chi connectivity index (χ0v) is 10.8. The first kappa shape index (κ1) is 13.1. The molecule has 0 bridgehead atoms. The number of nitrogens with one attached hydrogen (secondary N) is 2. The fraction of sp³-hybridized carbons (Fsp3) is 0.308. The van der Waals surface area contributed by atoms with Crippen LogP contribution in [0.3, 0.4) is 0 Å². The molecule has 2 rings (SSSR count). The van der Waals surface area contributed by atoms with Crippen LogP contribution in [0.5, 0.6) is 0 Å². The fourth-order valence-corrected chi connectivity index (χ4v) is 2.10. The molecule has 0 aliphatic carbocycles. The third-order valence-electron chi connectivity index (χ3n) is 2.74. The van der Waals surface area contributed by atoms with Gasteiger partial charge in [-0.2, -0.15) is 0 Å². The quantitative estimate of drug-likeness (QED) is 0.874. The summed E-state index contributed by atoms with van der Waals surface area (Å²) in [7, 11) is 0. The molecule has 0 spiro atoms. The average Bonchev–Trinajstić information content (AvgIpc) is 2.85. The summed E-state index contributed by atoms with van der Waals surface area (Å²) in [6.45, 7) is 2.73. The van der Waals surface area contributed by atoms with Gasteiger partial charge in [-0.15, -0.1) is 0 Å². The molecule has 18 heavy (non-hydrogen) atoms. The van der Waals surface area contributed by atoms with Crippen molar-refractivity contribution in [3.63, 3.8) is 0 Å². The predicted molar refractivity (Wildman–Crippen MR) is 70.1 cm³/mol. The number of imidazole rings is 1. The third-order valence-corrected chi connectivity index (χ3v) is 2.97. The number of hydrogen-bond donors (Lipinski definition) is 2. The van der Waals surface area contributed by atoms with Gasteiger partial charge in [0, 0.05) is 35.4 Å². The largest absolute Gasteiger partial charge is 0.349 e. The molecule has 1 atom stereocenters. The second-order valence-corrected chi connectivity index (χ2v) is 4.45. The fourth-order valence-electron chi connectivity index (χ4n) is 1.92. The molecule has 0 amide bonds. The summed E-state index contributed by atoms with van der Waals surface area (Å²) in [5.74, 6) is 0.567. The topological polar surface area (TPSA) is 40.7 Å². The average molecular weight is 268 g/mol. The van der Waals surface area contributed by atoms with Crippen LogP contribution in [-0.4, -0.2) is 16.5 Å². The summed E-state index contributed by atoms with van der Waals surface area (Å²) >= 11 is 5.93. The number of likely N-dealkylation sites (N-methyl/N-ethyl adjacent to an activating group) is 1. The number of halogens is 2. The maximum absolute atomic E-state index is 13.8. The van der Waals surface area contributed by atoms with Gasteiger partial charge in [-0.05, 0) is 24.7 Å². The van der Waals surface area contributed by atoms with Crippen molar-refractivity contribution >= 4 is 11.6 Å². The molecule has 0 fully saturated rings. The van der Waals surface area contributed by atoms with Crippen molar-refractivity contribution in [2.24, 2.45) is 0 Å². The Bertz CT molecular complexity index is 499. The van der Waals surface area contributed by atoms with Crippen molar-refractivity contribution in [1.29, 1.82) is 0 Å². The van der Waals surface area contributed by atoms with Crippen molar-refractivity contribution in [2.75, 3.05) is 6.54 Å². The normalized spacial score (nSPS) is 12.6. The lowest BCUT2D eigenvalue weighted by Crippen LogP contribution is -2.24. The Morgan fingerprint density at radius 1 is 1.50 bits per heavy atom. The molecule has 5 heteroatoms. The van der Waals surface area contributed by atoms with Gasteiger partial charge in [0.2, 0.25) is 0 Å². The van der Waals surface area contributed by atoms with Crippen molar-refractivity contribution < 1.29 is 4.39 Å². The highest BCUT2D eigenvalue weighted by Gasteiger charge is 2.16. The van der Waals surface area contributed by atoms with E-state index in [-0.39, 0.29) is 11.9 Å². The monoisotopic (exact) mass is 267 g/mol. The van der Waals surface area contributed by atoms with Crippen LogP contribution < -0.4 is 5.32 Å². The molecule has 1 aromatic carbocycles. The van der Waals surface area contributed by atoms with Crippen molar-refractivity contribution in [3.05, 3.63) is 52.8 Å². The predicted octanol–water partition coefficient (Wildman–Crippen LogP) is 3.10. The molecule has 1 unspecified atom stereocenters. The molecular weight excluding hydrogens is 253 g/mol. The van der Waals surface area contributed by atoms with Gasteiger partial charge in [0.15, 0.2) is 0 Å². The molecule has 3 nitrogen and oxygen atoms in total. The van der Waals surface area contributed by atoms with E-state index < -0.39 is 0 Å². The Morgan fingerprint density at radius 3 is 3.00 bits per heavy atom. The lowest BCUT2D eigenvalue weighted by molar-refractivity contribution is 0.503. The van der Waals surface area contributed by atoms with Gasteiger partial charge in [-0.3, -0.25) is 0 Å². The smallest absolute Gasteiger partial charge is 0.128 e. The molecule has 2 aromatic rings. The van der Waals surface area contributed by atoms with Crippen LogP contribution in [0.1, 0.15) is 24.4 Å². The Balaban J connectivity index is 2.26. The summed E-state index contributed by atoms with van der Waals surface area (Å²) in [6.07, 6.45) is 4.04. The second-order valence-electron chi connectivity index (χ2n) is 4.02. The van der Waals surface area contributed by atoms with Gasteiger partial charge in [0.25, 0.3) is 0 Å². The highest BCUT2D eigenvalue weighted by Crippen LogP contribution is 2.23. The Hall–Kier alpha value is -1.39. The van der Waals surface area contributed by atoms with E-state index in [1.54, 1.807) is 24.5 Å². The van der Waals surface area contributed by atoms with Crippen LogP contribution >= 0.6 is 11.6 Å². The van der Waals surface area contributed by atoms with Gasteiger partial charge >= 0.3 is 0 Å². The van der Waals surface area contributed by atoms with Gasteiger partial charge < -0.3 is 10.3 Å². The summed E-state index contributed by atoms with van der Waals surface area (Å²) in [6, 6.07) is 4.47. The molecule has 96 valence electrons. The molecule has 1 heterocycles. The van der Waals surface area contributed by atoms with E-state index in [1.807, 2.05) is 6.92 Å². The van der Waals surface area contributed by atoms with E-state index in [9.17, 15) is 4.39 Å². The van der Waals surface area contributed by atoms with E-state index in [0.717, 1.165) is 12.4 Å². The number of aromatic amines is 1. The van der Waals surface area contributed by atoms with Gasteiger partial charge in [-0.1, -0.05) is 18.5 Å². The summed E-state index contributed by atoms with van der Waals surface area (Å²) in [5.41, 5.74) is 0.570. The summed E-state index contributed by atoms with van der Waals surface area (Å²) < 4.78 is 13.8. The van der Waals surface area contributed by atoms with Gasteiger partial charge in [-0.25, -0.2) is 9.37 Å². The number of H-pyrrole nitrogens is 1. The maximum Gasteiger partial charge on any atom is 0.128 e. The lowest BCUT2D eigenvalue weighted by atomic mass is 10.0. The van der Waals surface area contributed by atoms with Crippen LogP contribution in [0.2, 0.25) is 5.02 Å². The standard InChI is InChI=1S/C13H15ClFN3/c1-2-16-12(8-13-17-5-6-18-13)10-7-9(14)3-4-11(10)15/h3-7,12,16H,2,8H2,1H3,(H,17,18).